The van der Waals surface area contributed by atoms with E-state index in [1.54, 1.807) is 24.3 Å². The number of halogens is 1. The Kier molecular flexibility index (Phi) is 9.04. The average Bonchev–Trinajstić information content (AvgIpc) is 2.86. The molecule has 1 atom stereocenters. The van der Waals surface area contributed by atoms with Gasteiger partial charge in [-0.1, -0.05) is 54.6 Å². The summed E-state index contributed by atoms with van der Waals surface area (Å²) >= 11 is 0. The molecule has 0 unspecified atom stereocenters. The molecule has 0 aliphatic heterocycles. The van der Waals surface area contributed by atoms with Gasteiger partial charge in [-0.25, -0.2) is 12.8 Å². The molecule has 0 saturated carbocycles. The third-order valence-corrected chi connectivity index (χ3v) is 7.41. The molecule has 0 fully saturated rings. The van der Waals surface area contributed by atoms with E-state index < -0.39 is 40.2 Å². The quantitative estimate of drug-likeness (QED) is 0.438. The average molecular weight is 526 g/mol. The zero-order chi connectivity index (χ0) is 27.2. The highest BCUT2D eigenvalue weighted by Gasteiger charge is 2.33. The lowest BCUT2D eigenvalue weighted by Gasteiger charge is -2.33. The highest BCUT2D eigenvalue weighted by atomic mass is 32.2. The zero-order valence-electron chi connectivity index (χ0n) is 21.4. The number of carbonyl (C=O) groups excluding carboxylic acids is 2. The van der Waals surface area contributed by atoms with Crippen LogP contribution in [-0.2, 0) is 32.6 Å². The Hall–Kier alpha value is -3.72. The third-order valence-electron chi connectivity index (χ3n) is 6.27. The van der Waals surface area contributed by atoms with Crippen LogP contribution in [0.4, 0.5) is 10.1 Å². The molecular formula is C28H32FN3O4S. The largest absolute Gasteiger partial charge is 0.357 e. The van der Waals surface area contributed by atoms with Gasteiger partial charge < -0.3 is 10.2 Å². The second-order valence-corrected chi connectivity index (χ2v) is 10.9. The van der Waals surface area contributed by atoms with Gasteiger partial charge >= 0.3 is 0 Å². The van der Waals surface area contributed by atoms with Crippen molar-refractivity contribution >= 4 is 27.5 Å². The van der Waals surface area contributed by atoms with Gasteiger partial charge in [-0.15, -0.1) is 0 Å². The van der Waals surface area contributed by atoms with Gasteiger partial charge in [0.05, 0.1) is 11.9 Å². The highest BCUT2D eigenvalue weighted by Crippen LogP contribution is 2.23. The maximum Gasteiger partial charge on any atom is 0.244 e. The molecule has 7 nitrogen and oxygen atoms in total. The second kappa shape index (κ2) is 12.0. The van der Waals surface area contributed by atoms with Crippen LogP contribution < -0.4 is 9.62 Å². The molecule has 37 heavy (non-hydrogen) atoms. The van der Waals surface area contributed by atoms with E-state index in [1.807, 2.05) is 44.2 Å². The maximum atomic E-state index is 14.6. The van der Waals surface area contributed by atoms with E-state index in [4.69, 9.17) is 0 Å². The van der Waals surface area contributed by atoms with E-state index in [9.17, 15) is 22.4 Å². The number of likely N-dealkylation sites (N-methyl/N-ethyl adjacent to an activating group) is 1. The van der Waals surface area contributed by atoms with Crippen LogP contribution in [0.2, 0.25) is 0 Å². The predicted molar refractivity (Wildman–Crippen MR) is 143 cm³/mol. The predicted octanol–water partition coefficient (Wildman–Crippen LogP) is 3.59. The standard InChI is InChI=1S/C28H32FN3O4S/c1-20-14-15-24(16-21(20)2)32(37(4,35)36)19-27(33)31(18-23-12-8-9-13-25(23)29)26(28(34)30-3)17-22-10-6-5-7-11-22/h5-16,26H,17-19H2,1-4H3,(H,30,34)/t26-/m0/s1. The van der Waals surface area contributed by atoms with Crippen molar-refractivity contribution in [3.8, 4) is 0 Å². The summed E-state index contributed by atoms with van der Waals surface area (Å²) in [5, 5.41) is 2.59. The Labute approximate surface area is 218 Å². The lowest BCUT2D eigenvalue weighted by molar-refractivity contribution is -0.139. The molecule has 0 aromatic heterocycles. The van der Waals surface area contributed by atoms with Crippen LogP contribution in [0, 0.1) is 19.7 Å². The summed E-state index contributed by atoms with van der Waals surface area (Å²) in [6, 6.07) is 19.3. The Morgan fingerprint density at radius 3 is 2.19 bits per heavy atom. The Morgan fingerprint density at radius 1 is 0.946 bits per heavy atom. The monoisotopic (exact) mass is 525 g/mol. The first-order valence-corrected chi connectivity index (χ1v) is 13.7. The summed E-state index contributed by atoms with van der Waals surface area (Å²) in [4.78, 5) is 28.1. The van der Waals surface area contributed by atoms with Crippen molar-refractivity contribution in [3.63, 3.8) is 0 Å². The fraction of sp³-hybridized carbons (Fsp3) is 0.286. The van der Waals surface area contributed by atoms with Crippen LogP contribution in [0.3, 0.4) is 0 Å². The van der Waals surface area contributed by atoms with E-state index in [0.717, 1.165) is 27.3 Å². The molecule has 0 aliphatic rings. The van der Waals surface area contributed by atoms with Gasteiger partial charge in [0, 0.05) is 25.6 Å². The zero-order valence-corrected chi connectivity index (χ0v) is 22.3. The summed E-state index contributed by atoms with van der Waals surface area (Å²) in [5.74, 6) is -1.59. The molecule has 9 heteroatoms. The van der Waals surface area contributed by atoms with Crippen molar-refractivity contribution in [1.29, 1.82) is 0 Å². The van der Waals surface area contributed by atoms with Crippen molar-refractivity contribution < 1.29 is 22.4 Å². The van der Waals surface area contributed by atoms with E-state index in [0.29, 0.717) is 5.69 Å². The smallest absolute Gasteiger partial charge is 0.244 e. The van der Waals surface area contributed by atoms with Crippen molar-refractivity contribution in [3.05, 3.63) is 101 Å². The Bertz CT molecular complexity index is 1360. The first-order chi connectivity index (χ1) is 17.5. The van der Waals surface area contributed by atoms with E-state index in [2.05, 4.69) is 5.32 Å². The van der Waals surface area contributed by atoms with Crippen LogP contribution in [0.1, 0.15) is 22.3 Å². The number of hydrogen-bond acceptors (Lipinski definition) is 4. The SMILES string of the molecule is CNC(=O)[C@H](Cc1ccccc1)N(Cc1ccccc1F)C(=O)CN(c1ccc(C)c(C)c1)S(C)(=O)=O. The van der Waals surface area contributed by atoms with Crippen LogP contribution in [0.5, 0.6) is 0 Å². The maximum absolute atomic E-state index is 14.6. The molecule has 0 radical (unpaired) electrons. The van der Waals surface area contributed by atoms with E-state index in [-0.39, 0.29) is 18.5 Å². The van der Waals surface area contributed by atoms with Crippen LogP contribution in [0.25, 0.3) is 0 Å². The van der Waals surface area contributed by atoms with Crippen molar-refractivity contribution in [1.82, 2.24) is 10.2 Å². The molecule has 3 aromatic carbocycles. The number of anilines is 1. The molecule has 3 rings (SSSR count). The molecule has 196 valence electrons. The molecule has 0 saturated heterocycles. The Balaban J connectivity index is 2.05. The molecule has 0 heterocycles. The summed E-state index contributed by atoms with van der Waals surface area (Å²) in [5.41, 5.74) is 3.21. The summed E-state index contributed by atoms with van der Waals surface area (Å²) < 4.78 is 41.2. The van der Waals surface area contributed by atoms with Crippen molar-refractivity contribution in [2.75, 3.05) is 24.2 Å². The molecule has 0 spiro atoms. The highest BCUT2D eigenvalue weighted by molar-refractivity contribution is 7.92. The lowest BCUT2D eigenvalue weighted by atomic mass is 10.0. The second-order valence-electron chi connectivity index (χ2n) is 8.97. The molecule has 0 bridgehead atoms. The van der Waals surface area contributed by atoms with Crippen molar-refractivity contribution in [2.45, 2.75) is 32.9 Å². The number of amides is 2. The molecule has 3 aromatic rings. The van der Waals surface area contributed by atoms with Gasteiger partial charge in [-0.3, -0.25) is 13.9 Å². The van der Waals surface area contributed by atoms with Crippen LogP contribution >= 0.6 is 0 Å². The third kappa shape index (κ3) is 7.16. The first-order valence-electron chi connectivity index (χ1n) is 11.8. The van der Waals surface area contributed by atoms with Gasteiger partial charge in [0.25, 0.3) is 0 Å². The van der Waals surface area contributed by atoms with E-state index in [1.165, 1.54) is 30.1 Å². The van der Waals surface area contributed by atoms with Crippen LogP contribution in [-0.4, -0.2) is 51.0 Å². The van der Waals surface area contributed by atoms with Gasteiger partial charge in [-0.05, 0) is 48.7 Å². The van der Waals surface area contributed by atoms with Gasteiger partial charge in [0.2, 0.25) is 21.8 Å². The van der Waals surface area contributed by atoms with Gasteiger partial charge in [-0.2, -0.15) is 0 Å². The Morgan fingerprint density at radius 2 is 1.59 bits per heavy atom. The van der Waals surface area contributed by atoms with Crippen LogP contribution in [0.15, 0.2) is 72.8 Å². The summed E-state index contributed by atoms with van der Waals surface area (Å²) in [7, 11) is -2.39. The number of aryl methyl sites for hydroxylation is 2. The number of benzene rings is 3. The molecule has 2 amide bonds. The number of sulfonamides is 1. The van der Waals surface area contributed by atoms with Gasteiger partial charge in [0.1, 0.15) is 18.4 Å². The minimum absolute atomic E-state index is 0.170. The fourth-order valence-electron chi connectivity index (χ4n) is 4.03. The van der Waals surface area contributed by atoms with Crippen molar-refractivity contribution in [2.24, 2.45) is 0 Å². The normalized spacial score (nSPS) is 12.0. The number of hydrogen-bond donors (Lipinski definition) is 1. The summed E-state index contributed by atoms with van der Waals surface area (Å²) in [6.45, 7) is 3.01. The molecule has 1 N–H and O–H groups in total. The lowest BCUT2D eigenvalue weighted by Crippen LogP contribution is -2.53. The minimum Gasteiger partial charge on any atom is -0.357 e. The first kappa shape index (κ1) is 27.9. The number of nitrogens with one attached hydrogen (secondary N) is 1. The van der Waals surface area contributed by atoms with Gasteiger partial charge in [0.15, 0.2) is 0 Å². The minimum atomic E-state index is -3.86. The number of carbonyl (C=O) groups is 2. The number of rotatable bonds is 10. The number of nitrogens with zero attached hydrogens (tertiary/aromatic N) is 2. The molecule has 0 aliphatic carbocycles. The fourth-order valence-corrected chi connectivity index (χ4v) is 4.87. The topological polar surface area (TPSA) is 86.8 Å². The molecular weight excluding hydrogens is 493 g/mol. The van der Waals surface area contributed by atoms with E-state index >= 15 is 0 Å². The summed E-state index contributed by atoms with van der Waals surface area (Å²) in [6.07, 6.45) is 1.19.